The summed E-state index contributed by atoms with van der Waals surface area (Å²) >= 11 is 1.72. The van der Waals surface area contributed by atoms with Gasteiger partial charge >= 0.3 is 6.03 Å². The van der Waals surface area contributed by atoms with Gasteiger partial charge in [0.1, 0.15) is 5.54 Å². The van der Waals surface area contributed by atoms with Crippen LogP contribution in [0, 0.1) is 0 Å². The van der Waals surface area contributed by atoms with Crippen LogP contribution in [0.25, 0.3) is 0 Å². The van der Waals surface area contributed by atoms with E-state index in [1.807, 2.05) is 18.4 Å². The number of imide groups is 1. The molecule has 0 aliphatic carbocycles. The van der Waals surface area contributed by atoms with Gasteiger partial charge in [-0.3, -0.25) is 14.7 Å². The molecule has 4 N–H and O–H groups in total. The van der Waals surface area contributed by atoms with Gasteiger partial charge in [0.05, 0.1) is 0 Å². The highest BCUT2D eigenvalue weighted by atomic mass is 127. The average molecular weight is 479 g/mol. The summed E-state index contributed by atoms with van der Waals surface area (Å²) in [5.74, 6) is 0.225. The van der Waals surface area contributed by atoms with Crippen molar-refractivity contribution in [3.63, 3.8) is 0 Å². The molecule has 0 spiro atoms. The number of hydrogen-bond acceptors (Lipinski definition) is 4. The molecular weight excluding hydrogens is 453 g/mol. The molecule has 7 nitrogen and oxygen atoms in total. The predicted octanol–water partition coefficient (Wildman–Crippen LogP) is 1.92. The van der Waals surface area contributed by atoms with E-state index in [2.05, 4.69) is 21.7 Å². The second-order valence-corrected chi connectivity index (χ2v) is 6.98. The number of hydrogen-bond donors (Lipinski definition) is 3. The molecule has 0 saturated carbocycles. The number of thiophene rings is 1. The summed E-state index contributed by atoms with van der Waals surface area (Å²) < 4.78 is 0. The lowest BCUT2D eigenvalue weighted by atomic mass is 9.99. The molecule has 25 heavy (non-hydrogen) atoms. The first kappa shape index (κ1) is 21.7. The largest absolute Gasteiger partial charge is 0.370 e. The number of nitrogens with zero attached hydrogens (tertiary/aromatic N) is 2. The maximum Gasteiger partial charge on any atom is 0.325 e. The van der Waals surface area contributed by atoms with Gasteiger partial charge in [-0.15, -0.1) is 35.3 Å². The molecular formula is C16H26IN5O2S. The van der Waals surface area contributed by atoms with Gasteiger partial charge in [0.15, 0.2) is 5.96 Å². The molecule has 1 fully saturated rings. The third kappa shape index (κ3) is 5.84. The van der Waals surface area contributed by atoms with E-state index in [9.17, 15) is 9.59 Å². The Kier molecular flexibility index (Phi) is 8.63. The van der Waals surface area contributed by atoms with Gasteiger partial charge < -0.3 is 16.4 Å². The van der Waals surface area contributed by atoms with Crippen LogP contribution < -0.4 is 16.4 Å². The predicted molar refractivity (Wildman–Crippen MR) is 111 cm³/mol. The van der Waals surface area contributed by atoms with Crippen molar-refractivity contribution < 1.29 is 9.59 Å². The smallest absolute Gasteiger partial charge is 0.325 e. The van der Waals surface area contributed by atoms with Crippen LogP contribution in [-0.4, -0.2) is 48.0 Å². The number of amides is 3. The Bertz CT molecular complexity index is 608. The van der Waals surface area contributed by atoms with Crippen LogP contribution in [-0.2, 0) is 11.2 Å². The fraction of sp³-hybridized carbons (Fsp3) is 0.562. The van der Waals surface area contributed by atoms with Gasteiger partial charge in [-0.2, -0.15) is 0 Å². The first-order valence-corrected chi connectivity index (χ1v) is 9.04. The van der Waals surface area contributed by atoms with Crippen LogP contribution in [0.2, 0.25) is 0 Å². The summed E-state index contributed by atoms with van der Waals surface area (Å²) in [5.41, 5.74) is 5.03. The van der Waals surface area contributed by atoms with E-state index in [-0.39, 0.29) is 35.9 Å². The van der Waals surface area contributed by atoms with Crippen LogP contribution >= 0.6 is 35.3 Å². The standard InChI is InChI=1S/C16H25N5O2S.HI/c1-3-16(2)13(22)21(15(23)20-16)10-5-8-18-14(17)19-9-7-12-6-4-11-24-12;/h4,6,11H,3,5,7-10H2,1-2H3,(H,20,23)(H3,17,18,19);1H. The number of halogens is 1. The van der Waals surface area contributed by atoms with Gasteiger partial charge in [0.25, 0.3) is 5.91 Å². The normalized spacial score (nSPS) is 20.4. The monoisotopic (exact) mass is 479 g/mol. The van der Waals surface area contributed by atoms with Crippen molar-refractivity contribution >= 4 is 53.2 Å². The highest BCUT2D eigenvalue weighted by molar-refractivity contribution is 14.0. The van der Waals surface area contributed by atoms with Crippen LogP contribution in [0.4, 0.5) is 4.79 Å². The van der Waals surface area contributed by atoms with Crippen molar-refractivity contribution in [2.24, 2.45) is 10.7 Å². The van der Waals surface area contributed by atoms with Gasteiger partial charge in [0, 0.05) is 24.5 Å². The number of nitrogens with one attached hydrogen (secondary N) is 2. The molecule has 2 rings (SSSR count). The second-order valence-electron chi connectivity index (χ2n) is 5.95. The average Bonchev–Trinajstić information content (AvgIpc) is 3.13. The fourth-order valence-electron chi connectivity index (χ4n) is 2.44. The molecule has 0 radical (unpaired) electrons. The molecule has 1 atom stereocenters. The Labute approximate surface area is 169 Å². The molecule has 0 bridgehead atoms. The minimum atomic E-state index is -0.775. The van der Waals surface area contributed by atoms with E-state index in [0.29, 0.717) is 31.9 Å². The van der Waals surface area contributed by atoms with Crippen LogP contribution in [0.3, 0.4) is 0 Å². The van der Waals surface area contributed by atoms with Crippen molar-refractivity contribution in [1.82, 2.24) is 15.5 Å². The number of guanidine groups is 1. The highest BCUT2D eigenvalue weighted by Crippen LogP contribution is 2.20. The zero-order chi connectivity index (χ0) is 17.6. The Morgan fingerprint density at radius 1 is 1.48 bits per heavy atom. The molecule has 1 aliphatic rings. The zero-order valence-corrected chi connectivity index (χ0v) is 17.7. The molecule has 1 aromatic heterocycles. The third-order valence-corrected chi connectivity index (χ3v) is 5.07. The van der Waals surface area contributed by atoms with Gasteiger partial charge in [-0.05, 0) is 37.6 Å². The Hall–Kier alpha value is -1.36. The summed E-state index contributed by atoms with van der Waals surface area (Å²) in [4.78, 5) is 30.9. The van der Waals surface area contributed by atoms with E-state index in [1.165, 1.54) is 9.78 Å². The first-order chi connectivity index (χ1) is 11.5. The van der Waals surface area contributed by atoms with Crippen LogP contribution in [0.1, 0.15) is 31.6 Å². The lowest BCUT2D eigenvalue weighted by molar-refractivity contribution is -0.130. The van der Waals surface area contributed by atoms with Gasteiger partial charge in [-0.25, -0.2) is 4.79 Å². The van der Waals surface area contributed by atoms with Crippen molar-refractivity contribution in [2.45, 2.75) is 38.6 Å². The quantitative estimate of drug-likeness (QED) is 0.174. The Balaban J connectivity index is 0.00000312. The van der Waals surface area contributed by atoms with E-state index in [4.69, 9.17) is 5.73 Å². The Morgan fingerprint density at radius 2 is 2.24 bits per heavy atom. The first-order valence-electron chi connectivity index (χ1n) is 8.16. The zero-order valence-electron chi connectivity index (χ0n) is 14.6. The summed E-state index contributed by atoms with van der Waals surface area (Å²) in [6.45, 7) is 5.19. The maximum atomic E-state index is 12.2. The van der Waals surface area contributed by atoms with E-state index >= 15 is 0 Å². The number of rotatable bonds is 8. The molecule has 2 heterocycles. The molecule has 0 aromatic carbocycles. The lowest BCUT2D eigenvalue weighted by Crippen LogP contribution is -2.43. The van der Waals surface area contributed by atoms with Crippen LogP contribution in [0.5, 0.6) is 0 Å². The van der Waals surface area contributed by atoms with Crippen molar-refractivity contribution in [3.8, 4) is 0 Å². The molecule has 1 aliphatic heterocycles. The minimum Gasteiger partial charge on any atom is -0.370 e. The van der Waals surface area contributed by atoms with E-state index in [0.717, 1.165) is 13.0 Å². The highest BCUT2D eigenvalue weighted by Gasteiger charge is 2.45. The number of nitrogens with two attached hydrogens (primary N) is 1. The number of carbonyl (C=O) groups excluding carboxylic acids is 2. The summed E-state index contributed by atoms with van der Waals surface area (Å²) in [6.07, 6.45) is 2.07. The molecule has 1 unspecified atom stereocenters. The number of carbonyl (C=O) groups is 2. The van der Waals surface area contributed by atoms with Crippen molar-refractivity contribution in [1.29, 1.82) is 0 Å². The lowest BCUT2D eigenvalue weighted by Gasteiger charge is -2.19. The Morgan fingerprint density at radius 3 is 2.84 bits per heavy atom. The molecule has 1 aromatic rings. The minimum absolute atomic E-state index is 0. The molecule has 140 valence electrons. The molecule has 1 saturated heterocycles. The molecule has 9 heteroatoms. The summed E-state index contributed by atoms with van der Waals surface area (Å²) in [6, 6.07) is 3.79. The van der Waals surface area contributed by atoms with E-state index < -0.39 is 5.54 Å². The number of aliphatic imine (C=N–C) groups is 1. The van der Waals surface area contributed by atoms with Crippen LogP contribution in [0.15, 0.2) is 22.5 Å². The molecule has 3 amide bonds. The van der Waals surface area contributed by atoms with Crippen molar-refractivity contribution in [2.75, 3.05) is 19.6 Å². The number of urea groups is 1. The maximum absolute atomic E-state index is 12.2. The van der Waals surface area contributed by atoms with E-state index in [1.54, 1.807) is 18.3 Å². The second kappa shape index (κ2) is 9.95. The summed E-state index contributed by atoms with van der Waals surface area (Å²) in [7, 11) is 0. The summed E-state index contributed by atoms with van der Waals surface area (Å²) in [5, 5.41) is 7.85. The topological polar surface area (TPSA) is 99.8 Å². The fourth-order valence-corrected chi connectivity index (χ4v) is 3.15. The van der Waals surface area contributed by atoms with Gasteiger partial charge in [-0.1, -0.05) is 13.0 Å². The van der Waals surface area contributed by atoms with Crippen molar-refractivity contribution in [3.05, 3.63) is 22.4 Å². The SMILES string of the molecule is CCC1(C)NC(=O)N(CCCN=C(N)NCCc2cccs2)C1=O.I. The third-order valence-electron chi connectivity index (χ3n) is 4.13. The van der Waals surface area contributed by atoms with Gasteiger partial charge in [0.2, 0.25) is 0 Å².